The average molecular weight is 423 g/mol. The minimum Gasteiger partial charge on any atom is -0.419 e. The molecule has 4 aromatic rings. The number of nitro benzene ring substituents is 1. The van der Waals surface area contributed by atoms with E-state index in [1.807, 2.05) is 39.0 Å². The molecule has 0 aliphatic rings. The van der Waals surface area contributed by atoms with E-state index in [0.717, 1.165) is 16.8 Å². The molecule has 0 amide bonds. The fourth-order valence-corrected chi connectivity index (χ4v) is 3.81. The van der Waals surface area contributed by atoms with Crippen LogP contribution in [0.3, 0.4) is 0 Å². The highest BCUT2D eigenvalue weighted by atomic mass is 32.2. The number of tetrazole rings is 1. The van der Waals surface area contributed by atoms with Crippen LogP contribution in [0.4, 0.5) is 5.69 Å². The molecule has 0 aliphatic heterocycles. The van der Waals surface area contributed by atoms with Crippen molar-refractivity contribution in [1.29, 1.82) is 0 Å². The first-order valence-electron chi connectivity index (χ1n) is 9.04. The van der Waals surface area contributed by atoms with Crippen LogP contribution in [0.15, 0.2) is 52.0 Å². The first-order chi connectivity index (χ1) is 14.4. The van der Waals surface area contributed by atoms with Gasteiger partial charge in [0.2, 0.25) is 16.9 Å². The van der Waals surface area contributed by atoms with Gasteiger partial charge < -0.3 is 4.42 Å². The van der Waals surface area contributed by atoms with Gasteiger partial charge in [-0.2, -0.15) is 4.68 Å². The monoisotopic (exact) mass is 423 g/mol. The lowest BCUT2D eigenvalue weighted by molar-refractivity contribution is -0.384. The minimum atomic E-state index is -0.456. The number of hydrogen-bond acceptors (Lipinski definition) is 9. The molecular weight excluding hydrogens is 406 g/mol. The molecule has 152 valence electrons. The maximum absolute atomic E-state index is 10.8. The molecule has 2 heterocycles. The second kappa shape index (κ2) is 8.03. The molecule has 2 aromatic heterocycles. The molecule has 0 spiro atoms. The van der Waals surface area contributed by atoms with Gasteiger partial charge in [0.25, 0.3) is 5.69 Å². The molecule has 0 aliphatic carbocycles. The van der Waals surface area contributed by atoms with Crippen LogP contribution in [0, 0.1) is 24.0 Å². The van der Waals surface area contributed by atoms with Gasteiger partial charge in [0.1, 0.15) is 0 Å². The predicted octanol–water partition coefficient (Wildman–Crippen LogP) is 4.09. The molecule has 30 heavy (non-hydrogen) atoms. The van der Waals surface area contributed by atoms with Crippen LogP contribution in [-0.2, 0) is 0 Å². The SMILES string of the molecule is Cc1cccc(C)c1-n1nnnc1SC(C)c1nnc(-c2ccc([N+](=O)[O-])cc2)o1. The van der Waals surface area contributed by atoms with Crippen molar-refractivity contribution in [3.63, 3.8) is 0 Å². The van der Waals surface area contributed by atoms with Crippen molar-refractivity contribution in [2.45, 2.75) is 31.2 Å². The van der Waals surface area contributed by atoms with Crippen molar-refractivity contribution < 1.29 is 9.34 Å². The Kier molecular flexibility index (Phi) is 5.27. The van der Waals surface area contributed by atoms with Crippen LogP contribution < -0.4 is 0 Å². The maximum Gasteiger partial charge on any atom is 0.269 e. The molecule has 1 atom stereocenters. The van der Waals surface area contributed by atoms with Gasteiger partial charge in [-0.25, -0.2) is 0 Å². The van der Waals surface area contributed by atoms with Gasteiger partial charge in [0, 0.05) is 17.7 Å². The van der Waals surface area contributed by atoms with E-state index in [1.165, 1.54) is 23.9 Å². The average Bonchev–Trinajstić information content (AvgIpc) is 3.38. The van der Waals surface area contributed by atoms with E-state index >= 15 is 0 Å². The highest BCUT2D eigenvalue weighted by molar-refractivity contribution is 7.99. The number of para-hydroxylation sites is 1. The summed E-state index contributed by atoms with van der Waals surface area (Å²) in [6.07, 6.45) is 0. The van der Waals surface area contributed by atoms with E-state index in [4.69, 9.17) is 4.42 Å². The second-order valence-electron chi connectivity index (χ2n) is 6.62. The molecule has 4 rings (SSSR count). The van der Waals surface area contributed by atoms with E-state index < -0.39 is 4.92 Å². The lowest BCUT2D eigenvalue weighted by atomic mass is 10.1. The summed E-state index contributed by atoms with van der Waals surface area (Å²) in [7, 11) is 0. The molecule has 0 saturated carbocycles. The molecule has 0 saturated heterocycles. The number of aromatic nitrogens is 6. The molecule has 10 nitrogen and oxygen atoms in total. The molecule has 11 heteroatoms. The summed E-state index contributed by atoms with van der Waals surface area (Å²) in [5, 5.41) is 31.5. The van der Waals surface area contributed by atoms with Crippen LogP contribution in [0.5, 0.6) is 0 Å². The Morgan fingerprint density at radius 1 is 1.07 bits per heavy atom. The molecule has 1 unspecified atom stereocenters. The summed E-state index contributed by atoms with van der Waals surface area (Å²) in [5.41, 5.74) is 3.68. The van der Waals surface area contributed by atoms with Crippen molar-refractivity contribution in [3.8, 4) is 17.1 Å². The third kappa shape index (κ3) is 3.79. The Morgan fingerprint density at radius 3 is 2.43 bits per heavy atom. The van der Waals surface area contributed by atoms with Gasteiger partial charge in [-0.05, 0) is 54.5 Å². The van der Waals surface area contributed by atoms with Crippen LogP contribution in [0.2, 0.25) is 0 Å². The fraction of sp³-hybridized carbons (Fsp3) is 0.211. The summed E-state index contributed by atoms with van der Waals surface area (Å²) in [5.74, 6) is 0.700. The van der Waals surface area contributed by atoms with Crippen LogP contribution >= 0.6 is 11.8 Å². The summed E-state index contributed by atoms with van der Waals surface area (Å²) >= 11 is 1.40. The topological polar surface area (TPSA) is 126 Å². The Labute approximate surface area is 175 Å². The molecule has 0 fully saturated rings. The number of non-ortho nitro benzene ring substituents is 1. The van der Waals surface area contributed by atoms with E-state index in [0.29, 0.717) is 22.5 Å². The predicted molar refractivity (Wildman–Crippen MR) is 109 cm³/mol. The van der Waals surface area contributed by atoms with E-state index in [2.05, 4.69) is 25.7 Å². The summed E-state index contributed by atoms with van der Waals surface area (Å²) < 4.78 is 7.49. The smallest absolute Gasteiger partial charge is 0.269 e. The Morgan fingerprint density at radius 2 is 1.77 bits per heavy atom. The second-order valence-corrected chi connectivity index (χ2v) is 7.93. The number of benzene rings is 2. The highest BCUT2D eigenvalue weighted by Crippen LogP contribution is 2.35. The van der Waals surface area contributed by atoms with Crippen molar-refractivity contribution in [2.75, 3.05) is 0 Å². The third-order valence-electron chi connectivity index (χ3n) is 4.49. The standard InChI is InChI=1S/C19H17N7O3S/c1-11-5-4-6-12(2)16(11)25-19(22-23-24-25)30-13(3)17-20-21-18(29-17)14-7-9-15(10-8-14)26(27)28/h4-10,13H,1-3H3. The zero-order valence-electron chi connectivity index (χ0n) is 16.4. The zero-order chi connectivity index (χ0) is 21.3. The highest BCUT2D eigenvalue weighted by Gasteiger charge is 2.21. The Hall–Kier alpha value is -3.60. The number of thioether (sulfide) groups is 1. The summed E-state index contributed by atoms with van der Waals surface area (Å²) in [6, 6.07) is 12.0. The van der Waals surface area contributed by atoms with Gasteiger partial charge >= 0.3 is 0 Å². The number of rotatable bonds is 6. The molecule has 0 N–H and O–H groups in total. The lowest BCUT2D eigenvalue weighted by Crippen LogP contribution is -2.04. The quantitative estimate of drug-likeness (QED) is 0.256. The van der Waals surface area contributed by atoms with Crippen LogP contribution in [0.1, 0.15) is 29.2 Å². The number of aryl methyl sites for hydroxylation is 2. The van der Waals surface area contributed by atoms with Gasteiger partial charge in [0.15, 0.2) is 0 Å². The van der Waals surface area contributed by atoms with Gasteiger partial charge in [-0.3, -0.25) is 10.1 Å². The maximum atomic E-state index is 10.8. The fourth-order valence-electron chi connectivity index (χ4n) is 2.98. The third-order valence-corrected chi connectivity index (χ3v) is 5.51. The molecule has 2 aromatic carbocycles. The Bertz CT molecular complexity index is 1180. The van der Waals surface area contributed by atoms with Crippen LogP contribution in [0.25, 0.3) is 17.1 Å². The summed E-state index contributed by atoms with van der Waals surface area (Å²) in [6.45, 7) is 5.94. The largest absolute Gasteiger partial charge is 0.419 e. The number of nitro groups is 1. The van der Waals surface area contributed by atoms with Crippen LogP contribution in [-0.4, -0.2) is 35.3 Å². The number of hydrogen-bond donors (Lipinski definition) is 0. The Balaban J connectivity index is 1.56. The first-order valence-corrected chi connectivity index (χ1v) is 9.92. The first kappa shape index (κ1) is 19.7. The normalized spacial score (nSPS) is 12.1. The summed E-state index contributed by atoms with van der Waals surface area (Å²) in [4.78, 5) is 10.3. The van der Waals surface area contributed by atoms with Crippen molar-refractivity contribution >= 4 is 17.4 Å². The van der Waals surface area contributed by atoms with E-state index in [9.17, 15) is 10.1 Å². The lowest BCUT2D eigenvalue weighted by Gasteiger charge is -2.11. The molecular formula is C19H17N7O3S. The van der Waals surface area contributed by atoms with Crippen molar-refractivity contribution in [1.82, 2.24) is 30.4 Å². The van der Waals surface area contributed by atoms with Crippen molar-refractivity contribution in [3.05, 3.63) is 69.6 Å². The van der Waals surface area contributed by atoms with Crippen molar-refractivity contribution in [2.24, 2.45) is 0 Å². The van der Waals surface area contributed by atoms with E-state index in [-0.39, 0.29) is 10.9 Å². The van der Waals surface area contributed by atoms with Gasteiger partial charge in [0.05, 0.1) is 15.9 Å². The van der Waals surface area contributed by atoms with E-state index in [1.54, 1.807) is 16.8 Å². The minimum absolute atomic E-state index is 0.000692. The van der Waals surface area contributed by atoms with Gasteiger partial charge in [-0.15, -0.1) is 15.3 Å². The van der Waals surface area contributed by atoms with Gasteiger partial charge in [-0.1, -0.05) is 30.0 Å². The zero-order valence-corrected chi connectivity index (χ0v) is 17.2. The number of nitrogens with zero attached hydrogens (tertiary/aromatic N) is 7. The molecule has 0 bridgehead atoms. The molecule has 0 radical (unpaired) electrons.